The molecule has 1 amide bonds. The molecule has 0 radical (unpaired) electrons. The zero-order valence-electron chi connectivity index (χ0n) is 18.0. The van der Waals surface area contributed by atoms with Crippen LogP contribution in [-0.4, -0.2) is 59.4 Å². The molecule has 4 rings (SSSR count). The highest BCUT2D eigenvalue weighted by atomic mass is 32.1. The van der Waals surface area contributed by atoms with Crippen LogP contribution >= 0.6 is 22.7 Å². The van der Waals surface area contributed by atoms with Gasteiger partial charge in [-0.2, -0.15) is 13.2 Å². The third-order valence-corrected chi connectivity index (χ3v) is 7.46. The Morgan fingerprint density at radius 2 is 1.85 bits per heavy atom. The van der Waals surface area contributed by atoms with E-state index in [0.29, 0.717) is 6.42 Å². The van der Waals surface area contributed by atoms with Gasteiger partial charge in [-0.3, -0.25) is 9.69 Å². The number of carboxylic acid groups (broad SMARTS) is 1. The largest absolute Gasteiger partial charge is 0.490 e. The molecule has 1 saturated carbocycles. The van der Waals surface area contributed by atoms with E-state index in [0.717, 1.165) is 44.0 Å². The van der Waals surface area contributed by atoms with Crippen LogP contribution < -0.4 is 5.32 Å². The van der Waals surface area contributed by atoms with Gasteiger partial charge in [-0.25, -0.2) is 4.79 Å². The van der Waals surface area contributed by atoms with Crippen LogP contribution in [0.2, 0.25) is 0 Å². The number of rotatable bonds is 5. The third kappa shape index (κ3) is 7.53. The molecule has 0 bridgehead atoms. The minimum absolute atomic E-state index is 0.120. The fourth-order valence-electron chi connectivity index (χ4n) is 4.23. The van der Waals surface area contributed by atoms with Crippen molar-refractivity contribution in [3.05, 3.63) is 44.8 Å². The average molecular weight is 505 g/mol. The number of aliphatic carboxylic acids is 1. The summed E-state index contributed by atoms with van der Waals surface area (Å²) in [5.74, 6) is -2.63. The van der Waals surface area contributed by atoms with Crippen molar-refractivity contribution in [1.29, 1.82) is 0 Å². The van der Waals surface area contributed by atoms with Crippen molar-refractivity contribution in [1.82, 2.24) is 10.2 Å². The fraction of sp³-hybridized carbons (Fsp3) is 0.545. The van der Waals surface area contributed by atoms with Crippen LogP contribution in [-0.2, 0) is 27.3 Å². The Morgan fingerprint density at radius 3 is 2.45 bits per heavy atom. The first-order valence-corrected chi connectivity index (χ1v) is 12.4. The fourth-order valence-corrected chi connectivity index (χ4v) is 5.68. The maximum atomic E-state index is 12.6. The van der Waals surface area contributed by atoms with Crippen LogP contribution in [0.3, 0.4) is 0 Å². The lowest BCUT2D eigenvalue weighted by Gasteiger charge is -2.49. The predicted molar refractivity (Wildman–Crippen MR) is 120 cm³/mol. The quantitative estimate of drug-likeness (QED) is 0.634. The smallest absolute Gasteiger partial charge is 0.475 e. The van der Waals surface area contributed by atoms with Gasteiger partial charge in [0.25, 0.3) is 0 Å². The van der Waals surface area contributed by atoms with Crippen molar-refractivity contribution in [2.24, 2.45) is 0 Å². The maximum Gasteiger partial charge on any atom is 0.490 e. The Labute approximate surface area is 198 Å². The molecule has 33 heavy (non-hydrogen) atoms. The number of nitrogens with zero attached hydrogens (tertiary/aromatic N) is 1. The minimum atomic E-state index is -5.08. The summed E-state index contributed by atoms with van der Waals surface area (Å²) in [6, 6.07) is 8.47. The van der Waals surface area contributed by atoms with Gasteiger partial charge in [0.2, 0.25) is 5.91 Å². The van der Waals surface area contributed by atoms with E-state index >= 15 is 0 Å². The van der Waals surface area contributed by atoms with Crippen LogP contribution in [0.4, 0.5) is 13.2 Å². The van der Waals surface area contributed by atoms with Crippen LogP contribution in [0.25, 0.3) is 0 Å². The number of carbonyl (C=O) groups is 2. The molecule has 11 heteroatoms. The number of carboxylic acids is 1. The number of thiophene rings is 2. The summed E-state index contributed by atoms with van der Waals surface area (Å²) in [5.41, 5.74) is -0.223. The monoisotopic (exact) mass is 504 g/mol. The number of hydrogen-bond acceptors (Lipinski definition) is 6. The number of nitrogens with one attached hydrogen (secondary N) is 1. The molecule has 3 heterocycles. The summed E-state index contributed by atoms with van der Waals surface area (Å²) >= 11 is 3.46. The van der Waals surface area contributed by atoms with Crippen molar-refractivity contribution in [2.45, 2.75) is 56.5 Å². The molecular formula is C22H27F3N2O4S2. The minimum Gasteiger partial charge on any atom is -0.475 e. The zero-order chi connectivity index (χ0) is 23.9. The van der Waals surface area contributed by atoms with E-state index < -0.39 is 12.1 Å². The molecule has 2 atom stereocenters. The van der Waals surface area contributed by atoms with Gasteiger partial charge in [0, 0.05) is 29.4 Å². The normalized spacial score (nSPS) is 23.5. The van der Waals surface area contributed by atoms with Crippen molar-refractivity contribution < 1.29 is 32.6 Å². The molecule has 1 saturated heterocycles. The molecule has 2 aliphatic rings. The first-order valence-electron chi connectivity index (χ1n) is 10.7. The highest BCUT2D eigenvalue weighted by Gasteiger charge is 2.45. The van der Waals surface area contributed by atoms with Gasteiger partial charge in [-0.15, -0.1) is 22.7 Å². The Bertz CT molecular complexity index is 886. The highest BCUT2D eigenvalue weighted by Crippen LogP contribution is 2.35. The molecule has 2 unspecified atom stereocenters. The first kappa shape index (κ1) is 25.7. The molecule has 1 spiro atoms. The second-order valence-electron chi connectivity index (χ2n) is 8.13. The first-order chi connectivity index (χ1) is 15.7. The molecule has 6 nitrogen and oxygen atoms in total. The number of morpholine rings is 1. The summed E-state index contributed by atoms with van der Waals surface area (Å²) in [4.78, 5) is 26.5. The molecule has 0 aromatic carbocycles. The lowest BCUT2D eigenvalue weighted by atomic mass is 9.78. The third-order valence-electron chi connectivity index (χ3n) is 5.72. The Balaban J connectivity index is 0.000000383. The average Bonchev–Trinajstić information content (AvgIpc) is 3.44. The molecule has 182 valence electrons. The van der Waals surface area contributed by atoms with Gasteiger partial charge < -0.3 is 15.2 Å². The van der Waals surface area contributed by atoms with E-state index in [4.69, 9.17) is 14.6 Å². The number of halogens is 3. The van der Waals surface area contributed by atoms with Gasteiger partial charge in [-0.1, -0.05) is 25.0 Å². The molecule has 1 aliphatic heterocycles. The van der Waals surface area contributed by atoms with Crippen molar-refractivity contribution in [3.8, 4) is 0 Å². The number of hydrogen-bond donors (Lipinski definition) is 2. The lowest BCUT2D eigenvalue weighted by molar-refractivity contribution is -0.192. The van der Waals surface area contributed by atoms with E-state index in [2.05, 4.69) is 27.7 Å². The van der Waals surface area contributed by atoms with E-state index in [9.17, 15) is 18.0 Å². The second kappa shape index (κ2) is 11.5. The molecular weight excluding hydrogens is 477 g/mol. The summed E-state index contributed by atoms with van der Waals surface area (Å²) < 4.78 is 38.1. The van der Waals surface area contributed by atoms with Crippen LogP contribution in [0, 0.1) is 0 Å². The van der Waals surface area contributed by atoms with Gasteiger partial charge in [0.15, 0.2) is 0 Å². The Hall–Kier alpha value is -1.95. The number of ether oxygens (including phenoxy) is 1. The number of amides is 1. The SMILES string of the molecule is O=C(Cc1cccs1)NC1CCCCC12CN(Cc1cccs1)CCO2.O=C(O)C(F)(F)F. The molecule has 2 aromatic rings. The number of alkyl halides is 3. The topological polar surface area (TPSA) is 78.9 Å². The van der Waals surface area contributed by atoms with E-state index in [1.807, 2.05) is 28.8 Å². The molecule has 1 aliphatic carbocycles. The summed E-state index contributed by atoms with van der Waals surface area (Å²) in [7, 11) is 0. The van der Waals surface area contributed by atoms with Crippen LogP contribution in [0.1, 0.15) is 35.4 Å². The molecule has 2 aromatic heterocycles. The van der Waals surface area contributed by atoms with Gasteiger partial charge in [0.05, 0.1) is 19.1 Å². The zero-order valence-corrected chi connectivity index (χ0v) is 19.6. The van der Waals surface area contributed by atoms with Crippen LogP contribution in [0.15, 0.2) is 35.0 Å². The number of carbonyl (C=O) groups excluding carboxylic acids is 1. The van der Waals surface area contributed by atoms with Gasteiger partial charge in [-0.05, 0) is 35.7 Å². The van der Waals surface area contributed by atoms with Crippen molar-refractivity contribution >= 4 is 34.6 Å². The van der Waals surface area contributed by atoms with Crippen LogP contribution in [0.5, 0.6) is 0 Å². The van der Waals surface area contributed by atoms with Gasteiger partial charge >= 0.3 is 12.1 Å². The van der Waals surface area contributed by atoms with E-state index in [1.54, 1.807) is 11.3 Å². The van der Waals surface area contributed by atoms with Crippen molar-refractivity contribution in [2.75, 3.05) is 19.7 Å². The van der Waals surface area contributed by atoms with Gasteiger partial charge in [0.1, 0.15) is 5.60 Å². The molecule has 2 N–H and O–H groups in total. The highest BCUT2D eigenvalue weighted by molar-refractivity contribution is 7.10. The van der Waals surface area contributed by atoms with E-state index in [1.165, 1.54) is 17.7 Å². The Kier molecular flexibility index (Phi) is 8.91. The molecule has 2 fully saturated rings. The lowest BCUT2D eigenvalue weighted by Crippen LogP contribution is -2.64. The predicted octanol–water partition coefficient (Wildman–Crippen LogP) is 4.32. The summed E-state index contributed by atoms with van der Waals surface area (Å²) in [5, 5.41) is 14.6. The summed E-state index contributed by atoms with van der Waals surface area (Å²) in [6.07, 6.45) is -0.200. The summed E-state index contributed by atoms with van der Waals surface area (Å²) in [6.45, 7) is 3.62. The Morgan fingerprint density at radius 1 is 1.18 bits per heavy atom. The standard InChI is InChI=1S/C20H26N2O2S2.C2HF3O2/c23-19(13-16-5-3-11-25-16)21-18-7-1-2-8-20(18)15-22(9-10-24-20)14-17-6-4-12-26-17;3-2(4,5)1(6)7/h3-6,11-12,18H,1-2,7-10,13-15H2,(H,21,23);(H,6,7). The van der Waals surface area contributed by atoms with Crippen molar-refractivity contribution in [3.63, 3.8) is 0 Å². The second-order valence-corrected chi connectivity index (χ2v) is 10.2. The maximum absolute atomic E-state index is 12.6. The van der Waals surface area contributed by atoms with E-state index in [-0.39, 0.29) is 17.6 Å².